The van der Waals surface area contributed by atoms with Crippen LogP contribution in [0.1, 0.15) is 23.6 Å². The van der Waals surface area contributed by atoms with Gasteiger partial charge in [-0.1, -0.05) is 47.2 Å². The van der Waals surface area contributed by atoms with E-state index in [4.69, 9.17) is 0 Å². The highest BCUT2D eigenvalue weighted by molar-refractivity contribution is 7.22. The van der Waals surface area contributed by atoms with Gasteiger partial charge in [-0.2, -0.15) is 10.1 Å². The van der Waals surface area contributed by atoms with Gasteiger partial charge in [0.1, 0.15) is 0 Å². The third kappa shape index (κ3) is 3.46. The van der Waals surface area contributed by atoms with E-state index in [1.165, 1.54) is 34.4 Å². The molecule has 3 aromatic rings. The Morgan fingerprint density at radius 3 is 2.52 bits per heavy atom. The van der Waals surface area contributed by atoms with Gasteiger partial charge in [-0.05, 0) is 37.1 Å². The summed E-state index contributed by atoms with van der Waals surface area (Å²) >= 11 is 1.47. The Bertz CT molecular complexity index is 881. The van der Waals surface area contributed by atoms with Gasteiger partial charge in [0.05, 0.1) is 16.4 Å². The fourth-order valence-electron chi connectivity index (χ4n) is 2.15. The van der Waals surface area contributed by atoms with Gasteiger partial charge in [-0.15, -0.1) is 0 Å². The van der Waals surface area contributed by atoms with E-state index >= 15 is 0 Å². The zero-order valence-electron chi connectivity index (χ0n) is 13.3. The van der Waals surface area contributed by atoms with Crippen LogP contribution in [0, 0.1) is 13.8 Å². The summed E-state index contributed by atoms with van der Waals surface area (Å²) in [6, 6.07) is 14.0. The Kier molecular flexibility index (Phi) is 4.21. The van der Waals surface area contributed by atoms with Crippen LogP contribution in [0.25, 0.3) is 10.2 Å². The number of rotatable bonds is 3. The van der Waals surface area contributed by atoms with E-state index in [0.717, 1.165) is 15.8 Å². The van der Waals surface area contributed by atoms with Gasteiger partial charge in [-0.25, -0.2) is 4.98 Å². The molecule has 23 heavy (non-hydrogen) atoms. The maximum atomic E-state index is 11.9. The van der Waals surface area contributed by atoms with Gasteiger partial charge in [0.2, 0.25) is 11.0 Å². The summed E-state index contributed by atoms with van der Waals surface area (Å²) < 4.78 is 1.05. The molecule has 0 saturated heterocycles. The van der Waals surface area contributed by atoms with E-state index in [-0.39, 0.29) is 5.91 Å². The second-order valence-electron chi connectivity index (χ2n) is 5.45. The fraction of sp³-hybridized carbons (Fsp3) is 0.167. The average Bonchev–Trinajstić information content (AvgIpc) is 2.91. The van der Waals surface area contributed by atoms with Crippen LogP contribution in [0.4, 0.5) is 5.13 Å². The lowest BCUT2D eigenvalue weighted by molar-refractivity contribution is -0.116. The molecule has 5 heteroatoms. The first-order valence-electron chi connectivity index (χ1n) is 7.31. The molecule has 116 valence electrons. The minimum atomic E-state index is -0.163. The second kappa shape index (κ2) is 6.30. The van der Waals surface area contributed by atoms with Crippen LogP contribution in [0.15, 0.2) is 47.6 Å². The summed E-state index contributed by atoms with van der Waals surface area (Å²) in [5.41, 5.74) is 4.18. The van der Waals surface area contributed by atoms with Crippen molar-refractivity contribution in [1.29, 1.82) is 0 Å². The van der Waals surface area contributed by atoms with Gasteiger partial charge >= 0.3 is 0 Å². The maximum Gasteiger partial charge on any atom is 0.246 e. The highest BCUT2D eigenvalue weighted by Crippen LogP contribution is 2.29. The number of hydrogen-bond donors (Lipinski definition) is 0. The largest absolute Gasteiger partial charge is 0.273 e. The van der Waals surface area contributed by atoms with Crippen molar-refractivity contribution in [2.45, 2.75) is 20.8 Å². The summed E-state index contributed by atoms with van der Waals surface area (Å²) in [5.74, 6) is -0.163. The van der Waals surface area contributed by atoms with Crippen molar-refractivity contribution in [3.63, 3.8) is 0 Å². The summed E-state index contributed by atoms with van der Waals surface area (Å²) in [6.45, 7) is 5.56. The van der Waals surface area contributed by atoms with E-state index in [1.807, 2.05) is 50.2 Å². The van der Waals surface area contributed by atoms with Crippen molar-refractivity contribution in [1.82, 2.24) is 4.98 Å². The minimum absolute atomic E-state index is 0.163. The molecule has 0 bridgehead atoms. The number of amides is 1. The molecular weight excluding hydrogens is 306 g/mol. The number of aryl methyl sites for hydroxylation is 2. The van der Waals surface area contributed by atoms with E-state index in [1.54, 1.807) is 6.21 Å². The number of thiazole rings is 1. The lowest BCUT2D eigenvalue weighted by atomic mass is 10.2. The van der Waals surface area contributed by atoms with Gasteiger partial charge in [0.25, 0.3) is 0 Å². The average molecular weight is 323 g/mol. The molecule has 0 radical (unpaired) electrons. The quantitative estimate of drug-likeness (QED) is 0.533. The van der Waals surface area contributed by atoms with Crippen LogP contribution in [0.3, 0.4) is 0 Å². The van der Waals surface area contributed by atoms with E-state index in [9.17, 15) is 4.79 Å². The Morgan fingerprint density at radius 2 is 1.83 bits per heavy atom. The lowest BCUT2D eigenvalue weighted by Gasteiger charge is -2.10. The van der Waals surface area contributed by atoms with Crippen molar-refractivity contribution >= 4 is 38.8 Å². The van der Waals surface area contributed by atoms with E-state index < -0.39 is 0 Å². The molecule has 0 spiro atoms. The zero-order chi connectivity index (χ0) is 16.4. The van der Waals surface area contributed by atoms with E-state index in [0.29, 0.717) is 5.13 Å². The number of aromatic nitrogens is 1. The Balaban J connectivity index is 1.93. The highest BCUT2D eigenvalue weighted by atomic mass is 32.1. The van der Waals surface area contributed by atoms with Crippen LogP contribution < -0.4 is 5.01 Å². The number of hydrazone groups is 1. The van der Waals surface area contributed by atoms with Crippen LogP contribution in [-0.4, -0.2) is 17.1 Å². The van der Waals surface area contributed by atoms with Gasteiger partial charge < -0.3 is 0 Å². The maximum absolute atomic E-state index is 11.9. The molecule has 4 nitrogen and oxygen atoms in total. The zero-order valence-corrected chi connectivity index (χ0v) is 14.1. The minimum Gasteiger partial charge on any atom is -0.273 e. The molecule has 0 fully saturated rings. The Hall–Kier alpha value is -2.53. The van der Waals surface area contributed by atoms with Gasteiger partial charge in [0, 0.05) is 6.92 Å². The number of fused-ring (bicyclic) bond motifs is 1. The Labute approximate surface area is 139 Å². The van der Waals surface area contributed by atoms with E-state index in [2.05, 4.69) is 16.2 Å². The smallest absolute Gasteiger partial charge is 0.246 e. The van der Waals surface area contributed by atoms with Crippen molar-refractivity contribution < 1.29 is 4.79 Å². The molecule has 0 unspecified atom stereocenters. The van der Waals surface area contributed by atoms with Crippen LogP contribution in [0.2, 0.25) is 0 Å². The summed E-state index contributed by atoms with van der Waals surface area (Å²) in [6.07, 6.45) is 1.68. The highest BCUT2D eigenvalue weighted by Gasteiger charge is 2.15. The molecular formula is C18H17N3OS. The topological polar surface area (TPSA) is 45.6 Å². The third-order valence-electron chi connectivity index (χ3n) is 3.41. The molecule has 0 aliphatic carbocycles. The molecule has 3 rings (SSSR count). The molecule has 0 aliphatic heterocycles. The number of hydrogen-bond acceptors (Lipinski definition) is 4. The van der Waals surface area contributed by atoms with Crippen LogP contribution in [-0.2, 0) is 4.79 Å². The molecule has 1 amide bonds. The molecule has 0 N–H and O–H groups in total. The van der Waals surface area contributed by atoms with Crippen LogP contribution >= 0.6 is 11.3 Å². The predicted molar refractivity (Wildman–Crippen MR) is 96.3 cm³/mol. The van der Waals surface area contributed by atoms with Crippen molar-refractivity contribution in [2.24, 2.45) is 5.10 Å². The number of carbonyl (C=O) groups excluding carboxylic acids is 1. The second-order valence-corrected chi connectivity index (χ2v) is 6.46. The monoisotopic (exact) mass is 323 g/mol. The van der Waals surface area contributed by atoms with Crippen molar-refractivity contribution in [3.8, 4) is 0 Å². The molecule has 0 saturated carbocycles. The predicted octanol–water partition coefficient (Wildman–Crippen LogP) is 4.30. The fourth-order valence-corrected chi connectivity index (χ4v) is 3.22. The first-order chi connectivity index (χ1) is 11.0. The number of carbonyl (C=O) groups is 1. The van der Waals surface area contributed by atoms with Gasteiger partial charge in [-0.3, -0.25) is 4.79 Å². The summed E-state index contributed by atoms with van der Waals surface area (Å²) in [7, 11) is 0. The molecule has 0 atom stereocenters. The molecule has 0 aliphatic rings. The third-order valence-corrected chi connectivity index (χ3v) is 4.41. The normalized spacial score (nSPS) is 11.3. The number of nitrogens with zero attached hydrogens (tertiary/aromatic N) is 3. The standard InChI is InChI=1S/C18H17N3OS/c1-12-4-7-15(8-5-12)11-19-21(14(3)22)18-20-16-9-6-13(2)10-17(16)23-18/h4-11H,1-3H3/b19-11-. The molecule has 1 heterocycles. The first-order valence-corrected chi connectivity index (χ1v) is 8.13. The summed E-state index contributed by atoms with van der Waals surface area (Å²) in [4.78, 5) is 16.5. The number of anilines is 1. The Morgan fingerprint density at radius 1 is 1.13 bits per heavy atom. The molecule has 2 aromatic carbocycles. The van der Waals surface area contributed by atoms with Crippen molar-refractivity contribution in [2.75, 3.05) is 5.01 Å². The van der Waals surface area contributed by atoms with Crippen molar-refractivity contribution in [3.05, 3.63) is 59.2 Å². The van der Waals surface area contributed by atoms with Gasteiger partial charge in [0.15, 0.2) is 0 Å². The first kappa shape index (κ1) is 15.4. The number of benzene rings is 2. The SMILES string of the molecule is CC(=O)N(/N=C\c1ccc(C)cc1)c1nc2ccc(C)cc2s1. The molecule has 1 aromatic heterocycles. The lowest BCUT2D eigenvalue weighted by Crippen LogP contribution is -2.22. The van der Waals surface area contributed by atoms with Crippen LogP contribution in [0.5, 0.6) is 0 Å². The summed E-state index contributed by atoms with van der Waals surface area (Å²) in [5, 5.41) is 6.25.